The summed E-state index contributed by atoms with van der Waals surface area (Å²) >= 11 is 0. The fourth-order valence-electron chi connectivity index (χ4n) is 1.60. The Bertz CT molecular complexity index is 633. The molecule has 0 bridgehead atoms. The summed E-state index contributed by atoms with van der Waals surface area (Å²) in [6.45, 7) is 7.34. The van der Waals surface area contributed by atoms with Crippen molar-refractivity contribution >= 4 is 25.6 Å². The molecule has 0 N–H and O–H groups in total. The van der Waals surface area contributed by atoms with Gasteiger partial charge in [0.15, 0.2) is 0 Å². The van der Waals surface area contributed by atoms with Crippen LogP contribution < -0.4 is 0 Å². The quantitative estimate of drug-likeness (QED) is 0.598. The van der Waals surface area contributed by atoms with Gasteiger partial charge in [0, 0.05) is 23.8 Å². The van der Waals surface area contributed by atoms with Crippen LogP contribution in [0.25, 0.3) is 0 Å². The molecular weight excluding hydrogens is 305 g/mol. The number of rotatable bonds is 6. The van der Waals surface area contributed by atoms with Crippen molar-refractivity contribution in [3.8, 4) is 0 Å². The van der Waals surface area contributed by atoms with Gasteiger partial charge in [0.25, 0.3) is 15.0 Å². The number of hydrogen-bond donors (Lipinski definition) is 0. The second-order valence-electron chi connectivity index (χ2n) is 3.87. The number of carbonyl (C=O) groups is 1. The number of hydrogen-bond acceptors (Lipinski definition) is 3. The van der Waals surface area contributed by atoms with Crippen LogP contribution >= 0.6 is 10.7 Å². The number of halogens is 2. The molecule has 1 aromatic rings. The molecule has 1 aromatic carbocycles. The molecule has 0 aromatic heterocycles. The van der Waals surface area contributed by atoms with Crippen LogP contribution in [0.3, 0.4) is 0 Å². The van der Waals surface area contributed by atoms with E-state index in [0.29, 0.717) is 0 Å². The minimum absolute atomic E-state index is 0.170. The van der Waals surface area contributed by atoms with E-state index in [2.05, 4.69) is 13.2 Å². The highest BCUT2D eigenvalue weighted by Crippen LogP contribution is 2.22. The Labute approximate surface area is 121 Å². The van der Waals surface area contributed by atoms with E-state index >= 15 is 0 Å². The van der Waals surface area contributed by atoms with Crippen LogP contribution in [0.1, 0.15) is 10.4 Å². The minimum Gasteiger partial charge on any atom is -0.331 e. The number of benzene rings is 1. The van der Waals surface area contributed by atoms with Crippen molar-refractivity contribution in [1.82, 2.24) is 4.90 Å². The maximum absolute atomic E-state index is 13.3. The third kappa shape index (κ3) is 3.91. The van der Waals surface area contributed by atoms with Gasteiger partial charge in [-0.3, -0.25) is 4.79 Å². The van der Waals surface area contributed by atoms with Crippen molar-refractivity contribution in [1.29, 1.82) is 0 Å². The van der Waals surface area contributed by atoms with Crippen molar-refractivity contribution in [3.63, 3.8) is 0 Å². The lowest BCUT2D eigenvalue weighted by Gasteiger charge is -2.20. The Morgan fingerprint density at radius 3 is 2.30 bits per heavy atom. The molecule has 0 saturated carbocycles. The van der Waals surface area contributed by atoms with Gasteiger partial charge >= 0.3 is 0 Å². The van der Waals surface area contributed by atoms with E-state index in [4.69, 9.17) is 10.7 Å². The van der Waals surface area contributed by atoms with Gasteiger partial charge in [-0.1, -0.05) is 12.2 Å². The first-order valence-electron chi connectivity index (χ1n) is 5.56. The van der Waals surface area contributed by atoms with Gasteiger partial charge in [0.1, 0.15) is 5.82 Å². The molecule has 0 saturated heterocycles. The lowest BCUT2D eigenvalue weighted by molar-refractivity contribution is 0.0786. The molecule has 4 nitrogen and oxygen atoms in total. The molecule has 20 heavy (non-hydrogen) atoms. The first-order valence-corrected chi connectivity index (χ1v) is 7.87. The highest BCUT2D eigenvalue weighted by molar-refractivity contribution is 8.13. The summed E-state index contributed by atoms with van der Waals surface area (Å²) in [7, 11) is 1.11. The van der Waals surface area contributed by atoms with E-state index < -0.39 is 25.7 Å². The van der Waals surface area contributed by atoms with E-state index in [1.807, 2.05) is 0 Å². The first-order chi connectivity index (χ1) is 9.31. The van der Waals surface area contributed by atoms with Crippen molar-refractivity contribution in [2.75, 3.05) is 13.1 Å². The highest BCUT2D eigenvalue weighted by atomic mass is 35.7. The lowest BCUT2D eigenvalue weighted by atomic mass is 10.2. The van der Waals surface area contributed by atoms with Crippen LogP contribution in [0.4, 0.5) is 4.39 Å². The van der Waals surface area contributed by atoms with Gasteiger partial charge in [-0.2, -0.15) is 0 Å². The van der Waals surface area contributed by atoms with Gasteiger partial charge < -0.3 is 4.90 Å². The minimum atomic E-state index is -4.15. The predicted octanol–water partition coefficient (Wildman–Crippen LogP) is 2.57. The molecule has 0 radical (unpaired) electrons. The zero-order valence-corrected chi connectivity index (χ0v) is 12.1. The summed E-state index contributed by atoms with van der Waals surface area (Å²) in [5, 5.41) is 0. The molecule has 108 valence electrons. The zero-order chi connectivity index (χ0) is 15.3. The van der Waals surface area contributed by atoms with Crippen LogP contribution in [-0.2, 0) is 9.05 Å². The molecule has 0 heterocycles. The van der Waals surface area contributed by atoms with Gasteiger partial charge in [-0.25, -0.2) is 12.8 Å². The molecule has 0 aliphatic heterocycles. The monoisotopic (exact) mass is 317 g/mol. The SMILES string of the molecule is C=CCN(CC=C)C(=O)c1cc(F)ccc1S(=O)(=O)Cl. The summed E-state index contributed by atoms with van der Waals surface area (Å²) in [5.74, 6) is -1.39. The molecule has 0 spiro atoms. The summed E-state index contributed by atoms with van der Waals surface area (Å²) in [4.78, 5) is 13.1. The summed E-state index contributed by atoms with van der Waals surface area (Å²) < 4.78 is 36.2. The number of amides is 1. The maximum Gasteiger partial charge on any atom is 0.262 e. The normalized spacial score (nSPS) is 10.9. The molecule has 1 amide bonds. The predicted molar refractivity (Wildman–Crippen MR) is 75.7 cm³/mol. The third-order valence-corrected chi connectivity index (χ3v) is 3.80. The summed E-state index contributed by atoms with van der Waals surface area (Å²) in [6.07, 6.45) is 2.94. The average Bonchev–Trinajstić information content (AvgIpc) is 2.36. The lowest BCUT2D eigenvalue weighted by Crippen LogP contribution is -2.32. The van der Waals surface area contributed by atoms with Crippen molar-refractivity contribution in [3.05, 3.63) is 54.9 Å². The van der Waals surface area contributed by atoms with Crippen molar-refractivity contribution in [2.24, 2.45) is 0 Å². The Morgan fingerprint density at radius 1 is 1.30 bits per heavy atom. The van der Waals surface area contributed by atoms with Crippen LogP contribution in [0.15, 0.2) is 48.4 Å². The number of carbonyl (C=O) groups excluding carboxylic acids is 1. The maximum atomic E-state index is 13.3. The molecule has 7 heteroatoms. The average molecular weight is 318 g/mol. The fraction of sp³-hybridized carbons (Fsp3) is 0.154. The largest absolute Gasteiger partial charge is 0.331 e. The van der Waals surface area contributed by atoms with Gasteiger partial charge in [-0.05, 0) is 18.2 Å². The molecule has 0 atom stereocenters. The van der Waals surface area contributed by atoms with Crippen molar-refractivity contribution in [2.45, 2.75) is 4.90 Å². The van der Waals surface area contributed by atoms with E-state index in [1.165, 1.54) is 17.1 Å². The molecule has 0 fully saturated rings. The van der Waals surface area contributed by atoms with Crippen LogP contribution in [-0.4, -0.2) is 32.3 Å². The van der Waals surface area contributed by atoms with Gasteiger partial charge in [0.2, 0.25) is 0 Å². The Balaban J connectivity index is 3.36. The van der Waals surface area contributed by atoms with E-state index in [0.717, 1.165) is 18.2 Å². The molecule has 0 aliphatic rings. The fourth-order valence-corrected chi connectivity index (χ4v) is 2.65. The summed E-state index contributed by atoms with van der Waals surface area (Å²) in [5.41, 5.74) is -0.316. The Morgan fingerprint density at radius 2 is 1.85 bits per heavy atom. The smallest absolute Gasteiger partial charge is 0.262 e. The Hall–Kier alpha value is -1.66. The summed E-state index contributed by atoms with van der Waals surface area (Å²) in [6, 6.07) is 2.74. The van der Waals surface area contributed by atoms with E-state index in [-0.39, 0.29) is 18.7 Å². The van der Waals surface area contributed by atoms with Crippen LogP contribution in [0.5, 0.6) is 0 Å². The first kappa shape index (κ1) is 16.4. The zero-order valence-electron chi connectivity index (χ0n) is 10.6. The Kier molecular flexibility index (Phi) is 5.47. The van der Waals surface area contributed by atoms with Crippen LogP contribution in [0, 0.1) is 5.82 Å². The van der Waals surface area contributed by atoms with Gasteiger partial charge in [0.05, 0.1) is 10.5 Å². The molecule has 1 rings (SSSR count). The topological polar surface area (TPSA) is 54.5 Å². The van der Waals surface area contributed by atoms with Gasteiger partial charge in [-0.15, -0.1) is 13.2 Å². The van der Waals surface area contributed by atoms with Crippen LogP contribution in [0.2, 0.25) is 0 Å². The molecular formula is C13H13ClFNO3S. The van der Waals surface area contributed by atoms with E-state index in [1.54, 1.807) is 0 Å². The molecule has 0 aliphatic carbocycles. The second-order valence-corrected chi connectivity index (χ2v) is 6.40. The second kappa shape index (κ2) is 6.67. The van der Waals surface area contributed by atoms with E-state index in [9.17, 15) is 17.6 Å². The standard InChI is InChI=1S/C13H13ClFNO3S/c1-3-7-16(8-4-2)13(17)11-9-10(15)5-6-12(11)20(14,18)19/h3-6,9H,1-2,7-8H2. The highest BCUT2D eigenvalue weighted by Gasteiger charge is 2.24. The molecule has 0 unspecified atom stereocenters. The third-order valence-electron chi connectivity index (χ3n) is 2.42. The van der Waals surface area contributed by atoms with Crippen molar-refractivity contribution < 1.29 is 17.6 Å². The number of nitrogens with zero attached hydrogens (tertiary/aromatic N) is 1.